The number of hydrogen-bond donors (Lipinski definition) is 0. The van der Waals surface area contributed by atoms with E-state index in [4.69, 9.17) is 16.3 Å². The van der Waals surface area contributed by atoms with E-state index in [1.165, 1.54) is 26.1 Å². The molecule has 5 rings (SSSR count). The van der Waals surface area contributed by atoms with Crippen LogP contribution in [0.3, 0.4) is 0 Å². The van der Waals surface area contributed by atoms with Crippen molar-refractivity contribution in [3.63, 3.8) is 0 Å². The maximum Gasteiger partial charge on any atom is 0.294 e. The van der Waals surface area contributed by atoms with E-state index < -0.39 is 11.7 Å². The molecule has 0 spiro atoms. The molecule has 0 saturated heterocycles. The maximum atomic E-state index is 13.7. The molecule has 0 N–H and O–H groups in total. The van der Waals surface area contributed by atoms with E-state index in [-0.39, 0.29) is 5.91 Å². The molecule has 0 unspecified atom stereocenters. The van der Waals surface area contributed by atoms with Crippen molar-refractivity contribution in [2.75, 3.05) is 27.7 Å². The highest BCUT2D eigenvalue weighted by Gasteiger charge is 2.31. The van der Waals surface area contributed by atoms with Crippen LogP contribution in [0.1, 0.15) is 32.7 Å². The monoisotopic (exact) mass is 504 g/mol. The number of aromatic nitrogens is 2. The number of ketones is 1. The number of fused-ring (bicyclic) bond motifs is 2. The highest BCUT2D eigenvalue weighted by Crippen LogP contribution is 2.35. The van der Waals surface area contributed by atoms with E-state index in [0.717, 1.165) is 22.5 Å². The lowest BCUT2D eigenvalue weighted by atomic mass is 9.97. The van der Waals surface area contributed by atoms with E-state index in [9.17, 15) is 14.4 Å². The quantitative estimate of drug-likeness (QED) is 0.498. The fraction of sp³-hybridized carbons (Fsp3) is 0.259. The Kier molecular flexibility index (Phi) is 6.14. The standard InChI is InChI=1S/C27H25ClN4O4/c1-30(2)27(35)25(33)18-9-8-16-12-24(36-3)20(13-19(16)18)26(34)31-11-10-22-17(15-31)14-29-32(22)23-7-5-4-6-21(23)28/h4-7,9,12-14H,8,10-11,15H2,1-3H3. The van der Waals surface area contributed by atoms with Crippen molar-refractivity contribution < 1.29 is 19.1 Å². The van der Waals surface area contributed by atoms with Gasteiger partial charge in [0.2, 0.25) is 0 Å². The number of methoxy groups -OCH3 is 1. The smallest absolute Gasteiger partial charge is 0.294 e. The molecule has 2 amide bonds. The first kappa shape index (κ1) is 23.8. The number of halogens is 1. The third-order valence-corrected chi connectivity index (χ3v) is 6.94. The van der Waals surface area contributed by atoms with Crippen LogP contribution < -0.4 is 4.74 Å². The summed E-state index contributed by atoms with van der Waals surface area (Å²) in [5, 5.41) is 5.13. The molecule has 2 aromatic carbocycles. The van der Waals surface area contributed by atoms with Gasteiger partial charge in [0, 0.05) is 44.7 Å². The number of carbonyl (C=O) groups is 3. The van der Waals surface area contributed by atoms with Crippen LogP contribution in [0.2, 0.25) is 5.02 Å². The van der Waals surface area contributed by atoms with Gasteiger partial charge in [-0.3, -0.25) is 14.4 Å². The summed E-state index contributed by atoms with van der Waals surface area (Å²) in [7, 11) is 4.60. The summed E-state index contributed by atoms with van der Waals surface area (Å²) >= 11 is 6.38. The third kappa shape index (κ3) is 3.97. The number of hydrogen-bond acceptors (Lipinski definition) is 5. The largest absolute Gasteiger partial charge is 0.496 e. The van der Waals surface area contributed by atoms with E-state index in [1.54, 1.807) is 29.3 Å². The molecule has 184 valence electrons. The number of allylic oxidation sites excluding steroid dienone is 1. The fourth-order valence-corrected chi connectivity index (χ4v) is 4.96. The molecule has 9 heteroatoms. The Morgan fingerprint density at radius 2 is 1.89 bits per heavy atom. The Bertz CT molecular complexity index is 1440. The Morgan fingerprint density at radius 1 is 1.11 bits per heavy atom. The van der Waals surface area contributed by atoms with Gasteiger partial charge in [-0.1, -0.05) is 29.8 Å². The maximum absolute atomic E-state index is 13.7. The number of Topliss-reactive ketones (excluding diaryl/α,β-unsaturated/α-hetero) is 1. The molecule has 3 aromatic rings. The molecule has 0 bridgehead atoms. The lowest BCUT2D eigenvalue weighted by Gasteiger charge is -2.28. The fourth-order valence-electron chi connectivity index (χ4n) is 4.74. The Labute approximate surface area is 213 Å². The van der Waals surface area contributed by atoms with Gasteiger partial charge in [0.05, 0.1) is 35.3 Å². The van der Waals surface area contributed by atoms with Crippen molar-refractivity contribution in [2.45, 2.75) is 19.4 Å². The number of carbonyl (C=O) groups excluding carboxylic acids is 3. The minimum atomic E-state index is -0.600. The van der Waals surface area contributed by atoms with E-state index in [0.29, 0.717) is 53.4 Å². The first-order chi connectivity index (χ1) is 17.3. The van der Waals surface area contributed by atoms with Crippen LogP contribution in [0.5, 0.6) is 5.75 Å². The summed E-state index contributed by atoms with van der Waals surface area (Å²) in [5.74, 6) is -0.949. The third-order valence-electron chi connectivity index (χ3n) is 6.62. The van der Waals surface area contributed by atoms with Crippen LogP contribution in [-0.4, -0.2) is 64.9 Å². The second-order valence-corrected chi connectivity index (χ2v) is 9.42. The predicted octanol–water partition coefficient (Wildman–Crippen LogP) is 3.33. The van der Waals surface area contributed by atoms with Gasteiger partial charge < -0.3 is 14.5 Å². The Balaban J connectivity index is 1.44. The number of para-hydroxylation sites is 1. The van der Waals surface area contributed by atoms with Gasteiger partial charge >= 0.3 is 0 Å². The number of nitrogens with zero attached hydrogens (tertiary/aromatic N) is 4. The summed E-state index contributed by atoms with van der Waals surface area (Å²) in [6.45, 7) is 0.878. The van der Waals surface area contributed by atoms with Gasteiger partial charge in [0.25, 0.3) is 17.6 Å². The first-order valence-corrected chi connectivity index (χ1v) is 11.9. The van der Waals surface area contributed by atoms with Crippen LogP contribution in [0.15, 0.2) is 48.7 Å². The van der Waals surface area contributed by atoms with Gasteiger partial charge in [-0.05, 0) is 41.8 Å². The zero-order valence-electron chi connectivity index (χ0n) is 20.2. The van der Waals surface area contributed by atoms with Gasteiger partial charge in [-0.25, -0.2) is 4.68 Å². The molecular formula is C27H25ClN4O4. The molecule has 0 atom stereocenters. The second kappa shape index (κ2) is 9.28. The summed E-state index contributed by atoms with van der Waals surface area (Å²) in [4.78, 5) is 41.7. The van der Waals surface area contributed by atoms with Gasteiger partial charge in [0.1, 0.15) is 5.75 Å². The van der Waals surface area contributed by atoms with Crippen molar-refractivity contribution in [3.05, 3.63) is 81.6 Å². The average molecular weight is 505 g/mol. The molecule has 2 heterocycles. The van der Waals surface area contributed by atoms with Crippen LogP contribution in [0, 0.1) is 0 Å². The van der Waals surface area contributed by atoms with Crippen LogP contribution >= 0.6 is 11.6 Å². The van der Waals surface area contributed by atoms with Crippen molar-refractivity contribution in [1.29, 1.82) is 0 Å². The van der Waals surface area contributed by atoms with Crippen molar-refractivity contribution in [3.8, 4) is 11.4 Å². The summed E-state index contributed by atoms with van der Waals surface area (Å²) in [5.41, 5.74) is 4.90. The molecule has 2 aliphatic rings. The van der Waals surface area contributed by atoms with Crippen LogP contribution in [0.4, 0.5) is 0 Å². The minimum Gasteiger partial charge on any atom is -0.496 e. The van der Waals surface area contributed by atoms with Crippen LogP contribution in [0.25, 0.3) is 11.3 Å². The van der Waals surface area contributed by atoms with Crippen molar-refractivity contribution >= 4 is 34.8 Å². The molecule has 0 radical (unpaired) electrons. The molecule has 0 fully saturated rings. The number of likely N-dealkylation sites (N-methyl/N-ethyl adjacent to an activating group) is 1. The Hall–Kier alpha value is -3.91. The van der Waals surface area contributed by atoms with Crippen molar-refractivity contribution in [2.24, 2.45) is 0 Å². The highest BCUT2D eigenvalue weighted by molar-refractivity contribution is 6.53. The topological polar surface area (TPSA) is 84.7 Å². The summed E-state index contributed by atoms with van der Waals surface area (Å²) < 4.78 is 7.38. The minimum absolute atomic E-state index is 0.205. The summed E-state index contributed by atoms with van der Waals surface area (Å²) in [6, 6.07) is 11.0. The SMILES string of the molecule is COc1cc2c(cc1C(=O)N1CCc3c(cnn3-c3ccccc3Cl)C1)C(C(=O)C(=O)N(C)C)=CC2. The van der Waals surface area contributed by atoms with E-state index >= 15 is 0 Å². The molecule has 1 aromatic heterocycles. The van der Waals surface area contributed by atoms with E-state index in [2.05, 4.69) is 5.10 Å². The molecule has 0 saturated carbocycles. The summed E-state index contributed by atoms with van der Waals surface area (Å²) in [6.07, 6.45) is 4.61. The molecule has 8 nitrogen and oxygen atoms in total. The zero-order chi connectivity index (χ0) is 25.6. The molecule has 1 aliphatic heterocycles. The van der Waals surface area contributed by atoms with Gasteiger partial charge in [0.15, 0.2) is 0 Å². The lowest BCUT2D eigenvalue weighted by Crippen LogP contribution is -2.36. The normalized spacial score (nSPS) is 14.1. The predicted molar refractivity (Wildman–Crippen MR) is 135 cm³/mol. The molecule has 1 aliphatic carbocycles. The molecule has 36 heavy (non-hydrogen) atoms. The average Bonchev–Trinajstić information content (AvgIpc) is 3.50. The zero-order valence-corrected chi connectivity index (χ0v) is 21.0. The second-order valence-electron chi connectivity index (χ2n) is 9.02. The highest BCUT2D eigenvalue weighted by atomic mass is 35.5. The van der Waals surface area contributed by atoms with Crippen molar-refractivity contribution in [1.82, 2.24) is 19.6 Å². The molecular weight excluding hydrogens is 480 g/mol. The van der Waals surface area contributed by atoms with Crippen LogP contribution in [-0.2, 0) is 29.0 Å². The number of benzene rings is 2. The van der Waals surface area contributed by atoms with E-state index in [1.807, 2.05) is 28.9 Å². The van der Waals surface area contributed by atoms with Gasteiger partial charge in [-0.2, -0.15) is 5.10 Å². The number of rotatable bonds is 5. The Morgan fingerprint density at radius 3 is 2.61 bits per heavy atom. The lowest BCUT2D eigenvalue weighted by molar-refractivity contribution is -0.139. The number of ether oxygens (including phenoxy) is 1. The number of amides is 2. The first-order valence-electron chi connectivity index (χ1n) is 11.6. The van der Waals surface area contributed by atoms with Gasteiger partial charge in [-0.15, -0.1) is 0 Å².